The number of rotatable bonds is 8. The molecule has 6 rings (SSSR count). The third kappa shape index (κ3) is 4.76. The molecule has 1 unspecified atom stereocenters. The highest BCUT2D eigenvalue weighted by atomic mass is 32.2. The average Bonchev–Trinajstić information content (AvgIpc) is 3.31. The van der Waals surface area contributed by atoms with Crippen LogP contribution in [0, 0.1) is 11.8 Å². The van der Waals surface area contributed by atoms with Gasteiger partial charge < -0.3 is 24.7 Å². The van der Waals surface area contributed by atoms with Crippen LogP contribution in [-0.4, -0.2) is 87.0 Å². The number of aliphatic hydroxyl groups is 1. The molecule has 1 N–H and O–H groups in total. The molecule has 2 fully saturated rings. The maximum absolute atomic E-state index is 14.7. The predicted molar refractivity (Wildman–Crippen MR) is 175 cm³/mol. The number of amides is 3. The molecule has 1 spiro atoms. The summed E-state index contributed by atoms with van der Waals surface area (Å²) in [6.45, 7) is 10.8. The largest absolute Gasteiger partial charge is 0.394 e. The van der Waals surface area contributed by atoms with Crippen LogP contribution in [0.4, 0.5) is 11.4 Å². The molecule has 4 aliphatic heterocycles. The Morgan fingerprint density at radius 1 is 0.909 bits per heavy atom. The van der Waals surface area contributed by atoms with Crippen molar-refractivity contribution in [3.63, 3.8) is 0 Å². The molecule has 2 saturated heterocycles. The van der Waals surface area contributed by atoms with Crippen molar-refractivity contribution in [2.24, 2.45) is 11.8 Å². The van der Waals surface area contributed by atoms with Gasteiger partial charge in [0.05, 0.1) is 29.2 Å². The van der Waals surface area contributed by atoms with Crippen LogP contribution < -0.4 is 9.80 Å². The lowest BCUT2D eigenvalue weighted by molar-refractivity contribution is -0.145. The first kappa shape index (κ1) is 30.5. The minimum atomic E-state index is -0.956. The van der Waals surface area contributed by atoms with Gasteiger partial charge in [0.2, 0.25) is 11.8 Å². The van der Waals surface area contributed by atoms with E-state index in [1.807, 2.05) is 84.6 Å². The summed E-state index contributed by atoms with van der Waals surface area (Å²) in [5, 5.41) is 10.3. The number of nitrogens with zero attached hydrogens (tertiary/aromatic N) is 4. The summed E-state index contributed by atoms with van der Waals surface area (Å²) < 4.78 is -1.64. The molecular formula is C35H42N4O4S. The molecule has 4 heterocycles. The van der Waals surface area contributed by atoms with Crippen molar-refractivity contribution in [3.8, 4) is 0 Å². The van der Waals surface area contributed by atoms with E-state index in [0.29, 0.717) is 19.6 Å². The van der Waals surface area contributed by atoms with Gasteiger partial charge in [0.1, 0.15) is 6.04 Å². The van der Waals surface area contributed by atoms with Crippen LogP contribution in [0.5, 0.6) is 0 Å². The smallest absolute Gasteiger partial charge is 0.251 e. The number of carbonyl (C=O) groups excluding carboxylic acids is 3. The van der Waals surface area contributed by atoms with Gasteiger partial charge in [0.15, 0.2) is 0 Å². The summed E-state index contributed by atoms with van der Waals surface area (Å²) >= 11 is 1.57. The number of carbonyl (C=O) groups is 3. The molecule has 0 bridgehead atoms. The second kappa shape index (κ2) is 11.7. The fourth-order valence-corrected chi connectivity index (χ4v) is 9.83. The summed E-state index contributed by atoms with van der Waals surface area (Å²) in [6, 6.07) is 16.4. The molecule has 232 valence electrons. The summed E-state index contributed by atoms with van der Waals surface area (Å²) in [4.78, 5) is 51.1. The predicted octanol–water partition coefficient (Wildman–Crippen LogP) is 4.10. The van der Waals surface area contributed by atoms with Crippen molar-refractivity contribution in [2.45, 2.75) is 55.8 Å². The maximum Gasteiger partial charge on any atom is 0.251 e. The number of hydrogen-bond acceptors (Lipinski definition) is 6. The monoisotopic (exact) mass is 614 g/mol. The third-order valence-corrected chi connectivity index (χ3v) is 11.6. The van der Waals surface area contributed by atoms with E-state index in [0.717, 1.165) is 30.0 Å². The van der Waals surface area contributed by atoms with Gasteiger partial charge in [0.25, 0.3) is 5.91 Å². The maximum atomic E-state index is 14.7. The second-order valence-electron chi connectivity index (χ2n) is 12.4. The molecule has 3 amide bonds. The first-order chi connectivity index (χ1) is 21.2. The Kier molecular flexibility index (Phi) is 8.13. The normalized spacial score (nSPS) is 30.2. The van der Waals surface area contributed by atoms with Crippen LogP contribution in [0.1, 0.15) is 33.3 Å². The van der Waals surface area contributed by atoms with Crippen molar-refractivity contribution >= 4 is 40.9 Å². The number of benzene rings is 2. The van der Waals surface area contributed by atoms with Crippen molar-refractivity contribution in [3.05, 3.63) is 84.5 Å². The quantitative estimate of drug-likeness (QED) is 0.451. The van der Waals surface area contributed by atoms with Gasteiger partial charge in [-0.1, -0.05) is 54.6 Å². The van der Waals surface area contributed by atoms with Crippen molar-refractivity contribution in [2.75, 3.05) is 42.6 Å². The van der Waals surface area contributed by atoms with E-state index < -0.39 is 33.4 Å². The number of likely N-dealkylation sites (tertiary alicyclic amines) is 1. The lowest BCUT2D eigenvalue weighted by Gasteiger charge is -2.39. The topological polar surface area (TPSA) is 84.4 Å². The van der Waals surface area contributed by atoms with Crippen LogP contribution in [-0.2, 0) is 20.9 Å². The number of hydrogen-bond donors (Lipinski definition) is 1. The highest BCUT2D eigenvalue weighted by Crippen LogP contribution is 2.66. The summed E-state index contributed by atoms with van der Waals surface area (Å²) in [7, 11) is 0. The summed E-state index contributed by atoms with van der Waals surface area (Å²) in [6.07, 6.45) is 8.13. The van der Waals surface area contributed by atoms with Crippen LogP contribution in [0.3, 0.4) is 0 Å². The van der Waals surface area contributed by atoms with E-state index in [2.05, 4.69) is 24.8 Å². The Morgan fingerprint density at radius 3 is 2.25 bits per heavy atom. The van der Waals surface area contributed by atoms with Crippen molar-refractivity contribution in [1.82, 2.24) is 9.80 Å². The first-order valence-electron chi connectivity index (χ1n) is 15.7. The Hall–Kier alpha value is -3.56. The number of aliphatic hydroxyl groups excluding tert-OH is 1. The highest BCUT2D eigenvalue weighted by molar-refractivity contribution is 8.02. The van der Waals surface area contributed by atoms with E-state index in [-0.39, 0.29) is 24.3 Å². The molecule has 2 aromatic rings. The van der Waals surface area contributed by atoms with Gasteiger partial charge in [-0.2, -0.15) is 0 Å². The molecule has 9 heteroatoms. The van der Waals surface area contributed by atoms with E-state index in [1.54, 1.807) is 28.5 Å². The average molecular weight is 615 g/mol. The van der Waals surface area contributed by atoms with Crippen LogP contribution >= 0.6 is 11.8 Å². The van der Waals surface area contributed by atoms with Gasteiger partial charge in [0, 0.05) is 48.8 Å². The minimum absolute atomic E-state index is 0.0738. The zero-order chi connectivity index (χ0) is 31.2. The van der Waals surface area contributed by atoms with E-state index in [4.69, 9.17) is 0 Å². The van der Waals surface area contributed by atoms with E-state index >= 15 is 0 Å². The molecule has 8 nitrogen and oxygen atoms in total. The molecular weight excluding hydrogens is 572 g/mol. The highest BCUT2D eigenvalue weighted by Gasteiger charge is 2.74. The molecule has 0 aliphatic carbocycles. The molecule has 44 heavy (non-hydrogen) atoms. The standard InChI is InChI=1S/C35H42N4O4S/c1-5-36(6-2)26-14-16-27(17-15-26)38-21-11-19-35-29(32(42)39(24(3)23-40)30(35)33(38)43)28-31(41)37(20-10-18-34(28,4)44-35)22-25-12-8-7-9-13-25/h7-19,24,28-30,40H,5-6,20-23H2,1-4H3/t24-,28-,29+,30?,34+,35+/m1/s1. The van der Waals surface area contributed by atoms with Gasteiger partial charge in [-0.3, -0.25) is 14.4 Å². The fourth-order valence-electron chi connectivity index (χ4n) is 7.68. The Bertz CT molecular complexity index is 1480. The summed E-state index contributed by atoms with van der Waals surface area (Å²) in [5.41, 5.74) is 2.87. The van der Waals surface area contributed by atoms with Gasteiger partial charge in [-0.25, -0.2) is 0 Å². The second-order valence-corrected chi connectivity index (χ2v) is 14.2. The van der Waals surface area contributed by atoms with Gasteiger partial charge >= 0.3 is 0 Å². The van der Waals surface area contributed by atoms with Crippen LogP contribution in [0.25, 0.3) is 0 Å². The third-order valence-electron chi connectivity index (χ3n) is 9.82. The summed E-state index contributed by atoms with van der Waals surface area (Å²) in [5.74, 6) is -1.90. The molecule has 6 atom stereocenters. The number of fused-ring (bicyclic) bond motifs is 2. The van der Waals surface area contributed by atoms with Gasteiger partial charge in [-0.15, -0.1) is 11.8 Å². The van der Waals surface area contributed by atoms with Gasteiger partial charge in [-0.05, 0) is 57.5 Å². The SMILES string of the molecule is CCN(CC)c1ccc(N2CC=C[C@]34S[C@@]5(C)C=CCN(Cc6ccccc6)C(=O)[C@H]5[C@H]3C(=O)N([C@H](C)CO)C4C2=O)cc1. The number of thioether (sulfide) groups is 1. The Morgan fingerprint density at radius 2 is 1.59 bits per heavy atom. The fraction of sp³-hybridized carbons (Fsp3) is 0.457. The van der Waals surface area contributed by atoms with E-state index in [1.165, 1.54) is 0 Å². The Labute approximate surface area is 264 Å². The van der Waals surface area contributed by atoms with Crippen molar-refractivity contribution in [1.29, 1.82) is 0 Å². The molecule has 0 aromatic heterocycles. The molecule has 4 aliphatic rings. The van der Waals surface area contributed by atoms with Crippen LogP contribution in [0.15, 0.2) is 78.9 Å². The van der Waals surface area contributed by atoms with Crippen molar-refractivity contribution < 1.29 is 19.5 Å². The first-order valence-corrected chi connectivity index (χ1v) is 16.5. The van der Waals surface area contributed by atoms with E-state index in [9.17, 15) is 19.5 Å². The Balaban J connectivity index is 1.40. The molecule has 2 aromatic carbocycles. The van der Waals surface area contributed by atoms with Crippen LogP contribution in [0.2, 0.25) is 0 Å². The minimum Gasteiger partial charge on any atom is -0.394 e. The molecule has 0 radical (unpaired) electrons. The zero-order valence-corrected chi connectivity index (χ0v) is 26.7. The lowest BCUT2D eigenvalue weighted by atomic mass is 9.74. The lowest BCUT2D eigenvalue weighted by Crippen LogP contribution is -2.56. The number of anilines is 2. The zero-order valence-electron chi connectivity index (χ0n) is 25.9. The molecule has 0 saturated carbocycles.